The Bertz CT molecular complexity index is 4630. The number of aromatic nitrogens is 3. The average molecular weight is 1200 g/mol. The van der Waals surface area contributed by atoms with Crippen molar-refractivity contribution in [1.29, 1.82) is 0 Å². The number of rotatable bonds is 6. The van der Waals surface area contributed by atoms with Crippen LogP contribution in [0.15, 0.2) is 170 Å². The normalized spacial score (nSPS) is 15.8. The molecule has 390 valence electrons. The number of hydrogen-bond donors (Lipinski definition) is 0. The molecule has 0 aliphatic carbocycles. The predicted octanol–water partition coefficient (Wildman–Crippen LogP) is 19.4. The first-order valence-corrected chi connectivity index (χ1v) is 25.9. The zero-order chi connectivity index (χ0) is 62.3. The van der Waals surface area contributed by atoms with Crippen molar-refractivity contribution in [3.05, 3.63) is 211 Å². The van der Waals surface area contributed by atoms with Crippen LogP contribution >= 0.6 is 0 Å². The molecule has 5 nitrogen and oxygen atoms in total. The van der Waals surface area contributed by atoms with Crippen LogP contribution in [0, 0.1) is 24.2 Å². The van der Waals surface area contributed by atoms with Gasteiger partial charge < -0.3 is 18.8 Å². The van der Waals surface area contributed by atoms with Gasteiger partial charge in [0.15, 0.2) is 0 Å². The van der Waals surface area contributed by atoms with Crippen molar-refractivity contribution in [3.8, 4) is 28.4 Å². The maximum absolute atomic E-state index is 10.1. The Morgan fingerprint density at radius 2 is 1.13 bits per heavy atom. The van der Waals surface area contributed by atoms with E-state index in [2.05, 4.69) is 78.4 Å². The Kier molecular flexibility index (Phi) is 9.86. The molecule has 0 fully saturated rings. The molecule has 8 aromatic carbocycles. The molecule has 0 N–H and O–H groups in total. The van der Waals surface area contributed by atoms with Crippen LogP contribution in [0.2, 0.25) is 0 Å². The van der Waals surface area contributed by atoms with E-state index in [1.54, 1.807) is 0 Å². The van der Waals surface area contributed by atoms with Crippen LogP contribution in [-0.4, -0.2) is 14.1 Å². The molecular weight excluding hydrogens is 1120 g/mol. The quantitative estimate of drug-likeness (QED) is 0.156. The molecule has 0 amide bonds. The molecule has 0 spiro atoms. The SMILES string of the molecule is [2H]C([2H])([2H])C(c1cc(-c2cccc3c4ccccc4c4ccccc4c4ccc(C([2H])([2H])C(C)(C)C)c5c4n(c23)[CH-]N5c2[c-]c(Oc3[c-]c4c(cc3)c3ccccc3n4-c3cc(C(C)(C)C)ccn3)ccc2)cc(C(C)(C)C)c1)(C([2H])([2H])[2H])C([2H])([2H])[2H].[Pt]. The topological polar surface area (TPSA) is 35.2 Å². The third-order valence-corrected chi connectivity index (χ3v) is 14.5. The van der Waals surface area contributed by atoms with Crippen molar-refractivity contribution in [2.45, 2.75) is 105 Å². The first-order chi connectivity index (χ1) is 40.7. The second-order valence-corrected chi connectivity index (χ2v) is 23.3. The van der Waals surface area contributed by atoms with E-state index in [1.165, 1.54) is 12.1 Å². The van der Waals surface area contributed by atoms with E-state index < -0.39 is 43.2 Å². The van der Waals surface area contributed by atoms with Crippen LogP contribution < -0.4 is 9.64 Å². The first kappa shape index (κ1) is 40.0. The maximum atomic E-state index is 10.1. The van der Waals surface area contributed by atoms with Gasteiger partial charge in [-0.3, -0.25) is 0 Å². The molecule has 1 aliphatic heterocycles. The van der Waals surface area contributed by atoms with Crippen molar-refractivity contribution in [2.75, 3.05) is 4.90 Å². The fraction of sp³-hybridized carbons (Fsp3) is 0.239. The molecule has 0 saturated heterocycles. The number of anilines is 2. The summed E-state index contributed by atoms with van der Waals surface area (Å²) in [6, 6.07) is 59.7. The van der Waals surface area contributed by atoms with Gasteiger partial charge in [-0.25, -0.2) is 4.98 Å². The van der Waals surface area contributed by atoms with Crippen molar-refractivity contribution < 1.29 is 40.9 Å². The summed E-state index contributed by atoms with van der Waals surface area (Å²) in [5, 5.41) is 7.06. The minimum Gasteiger partial charge on any atom is -0.509 e. The smallest absolute Gasteiger partial charge is 0.135 e. The van der Waals surface area contributed by atoms with Gasteiger partial charge in [0.2, 0.25) is 0 Å². The molecular formula is C71H67N4OPt-3. The molecule has 6 heteroatoms. The van der Waals surface area contributed by atoms with Crippen molar-refractivity contribution in [3.63, 3.8) is 0 Å². The summed E-state index contributed by atoms with van der Waals surface area (Å²) >= 11 is 0. The molecule has 77 heavy (non-hydrogen) atoms. The van der Waals surface area contributed by atoms with E-state index in [0.717, 1.165) is 65.5 Å². The Morgan fingerprint density at radius 1 is 0.545 bits per heavy atom. The van der Waals surface area contributed by atoms with Crippen LogP contribution in [0.25, 0.3) is 82.1 Å². The second kappa shape index (κ2) is 19.0. The van der Waals surface area contributed by atoms with Crippen molar-refractivity contribution in [1.82, 2.24) is 14.1 Å². The maximum Gasteiger partial charge on any atom is 0.135 e. The van der Waals surface area contributed by atoms with Gasteiger partial charge >= 0.3 is 0 Å². The van der Waals surface area contributed by atoms with Gasteiger partial charge in [-0.05, 0) is 135 Å². The van der Waals surface area contributed by atoms with Gasteiger partial charge in [0, 0.05) is 65.0 Å². The number of fused-ring (bicyclic) bond motifs is 10. The molecule has 11 aromatic rings. The van der Waals surface area contributed by atoms with Crippen LogP contribution in [-0.2, 0) is 43.7 Å². The second-order valence-electron chi connectivity index (χ2n) is 23.3. The summed E-state index contributed by atoms with van der Waals surface area (Å²) in [5.74, 6) is 1.54. The summed E-state index contributed by atoms with van der Waals surface area (Å²) < 4.78 is 111. The fourth-order valence-electron chi connectivity index (χ4n) is 10.9. The van der Waals surface area contributed by atoms with E-state index in [9.17, 15) is 2.74 Å². The Balaban J connectivity index is 0.00000800. The number of para-hydroxylation sites is 2. The summed E-state index contributed by atoms with van der Waals surface area (Å²) in [4.78, 5) is 6.82. The largest absolute Gasteiger partial charge is 0.509 e. The van der Waals surface area contributed by atoms with E-state index in [4.69, 9.17) is 22.1 Å². The van der Waals surface area contributed by atoms with E-state index in [1.807, 2.05) is 175 Å². The average Bonchev–Trinajstić information content (AvgIpc) is 1.00. The summed E-state index contributed by atoms with van der Waals surface area (Å²) in [7, 11) is 0. The minimum atomic E-state index is -3.53. The minimum absolute atomic E-state index is 0. The van der Waals surface area contributed by atoms with E-state index >= 15 is 0 Å². The van der Waals surface area contributed by atoms with E-state index in [0.29, 0.717) is 56.2 Å². The summed E-state index contributed by atoms with van der Waals surface area (Å²) in [6.07, 6.45) is -0.130. The third-order valence-electron chi connectivity index (χ3n) is 14.5. The number of nitrogens with zero attached hydrogens (tertiary/aromatic N) is 4. The Labute approximate surface area is 484 Å². The zero-order valence-electron chi connectivity index (χ0n) is 55.8. The van der Waals surface area contributed by atoms with Gasteiger partial charge in [0.25, 0.3) is 0 Å². The predicted molar refractivity (Wildman–Crippen MR) is 321 cm³/mol. The number of ether oxygens (including phenoxy) is 1. The van der Waals surface area contributed by atoms with Crippen molar-refractivity contribution in [2.24, 2.45) is 5.41 Å². The molecule has 0 unspecified atom stereocenters. The van der Waals surface area contributed by atoms with Crippen molar-refractivity contribution >= 4 is 76.5 Å². The Hall–Kier alpha value is -7.33. The summed E-state index contributed by atoms with van der Waals surface area (Å²) in [5.41, 5.74) is 1.50. The van der Waals surface area contributed by atoms with Gasteiger partial charge in [0.1, 0.15) is 5.82 Å². The molecule has 4 heterocycles. The zero-order valence-corrected chi connectivity index (χ0v) is 47.0. The van der Waals surface area contributed by atoms with Crippen LogP contribution in [0.5, 0.6) is 11.5 Å². The molecule has 0 atom stereocenters. The monoisotopic (exact) mass is 1200 g/mol. The molecule has 0 bridgehead atoms. The number of pyridine rings is 1. The molecule has 12 rings (SSSR count). The standard InChI is InChI=1S/C71H67N4O.Pt/c1-68(2,3)43-45-31-33-61-57-26-16-14-24-55(57)54-23-13-15-25-56(54)60-29-20-28-53(46-37-48(70(7,8)9)39-49(38-46)71(10,11)12)66(60)74-44-73(65(45)67(61)74)50-21-19-22-51(41-50)76-52-32-34-59-58-27-17-18-30-62(58)75(63(59)42-52)64-40-47(35-36-72-64)69(4,5)6;/h13-40,44H,43H2,1-12H3;/q-3;/i7D3,8D3,9D3,43D2;. The number of hydrogen-bond acceptors (Lipinski definition) is 3. The van der Waals surface area contributed by atoms with Gasteiger partial charge in [-0.15, -0.1) is 35.7 Å². The van der Waals surface area contributed by atoms with Crippen LogP contribution in [0.4, 0.5) is 11.4 Å². The van der Waals surface area contributed by atoms with Gasteiger partial charge in [0.05, 0.1) is 0 Å². The van der Waals surface area contributed by atoms with Crippen LogP contribution in [0.1, 0.15) is 120 Å². The molecule has 0 saturated carbocycles. The van der Waals surface area contributed by atoms with Gasteiger partial charge in [-0.1, -0.05) is 209 Å². The molecule has 3 aromatic heterocycles. The third kappa shape index (κ3) is 9.35. The molecule has 0 radical (unpaired) electrons. The molecule has 1 aliphatic rings. The summed E-state index contributed by atoms with van der Waals surface area (Å²) in [6.45, 7) is 9.26. The van der Waals surface area contributed by atoms with Crippen LogP contribution in [0.3, 0.4) is 0 Å². The van der Waals surface area contributed by atoms with E-state index in [-0.39, 0.29) is 32.0 Å². The number of benzene rings is 8. The fourth-order valence-corrected chi connectivity index (χ4v) is 10.9. The van der Waals surface area contributed by atoms with Gasteiger partial charge in [-0.2, -0.15) is 12.1 Å². The first-order valence-electron chi connectivity index (χ1n) is 31.4. The Morgan fingerprint density at radius 3 is 1.79 bits per heavy atom.